The van der Waals surface area contributed by atoms with Gasteiger partial charge in [0.25, 0.3) is 0 Å². The van der Waals surface area contributed by atoms with Crippen LogP contribution in [0.3, 0.4) is 0 Å². The molecule has 0 aliphatic heterocycles. The number of thiophene rings is 1. The number of aryl methyl sites for hydroxylation is 2. The Morgan fingerprint density at radius 1 is 1.44 bits per heavy atom. The van der Waals surface area contributed by atoms with Crippen LogP contribution >= 0.6 is 11.3 Å². The molecular weight excluding hydrogens is 220 g/mol. The maximum atomic E-state index is 5.48. The number of nitrogens with zero attached hydrogens (tertiary/aromatic N) is 1. The Bertz CT molecular complexity index is 414. The van der Waals surface area contributed by atoms with Crippen molar-refractivity contribution in [3.8, 4) is 0 Å². The molecule has 2 heterocycles. The lowest BCUT2D eigenvalue weighted by Gasteiger charge is -2.00. The normalized spacial score (nSPS) is 10.9. The molecule has 3 nitrogen and oxygen atoms in total. The van der Waals surface area contributed by atoms with Gasteiger partial charge in [-0.05, 0) is 49.2 Å². The summed E-state index contributed by atoms with van der Waals surface area (Å²) in [7, 11) is 0. The summed E-state index contributed by atoms with van der Waals surface area (Å²) in [5.41, 5.74) is 2.37. The molecule has 0 amide bonds. The molecule has 0 bridgehead atoms. The number of nitrogens with one attached hydrogen (secondary N) is 1. The van der Waals surface area contributed by atoms with Crippen LogP contribution in [0.1, 0.15) is 22.9 Å². The second-order valence-corrected chi connectivity index (χ2v) is 4.59. The fourth-order valence-corrected chi connectivity index (χ4v) is 2.18. The maximum Gasteiger partial charge on any atom is 0.208 e. The van der Waals surface area contributed by atoms with Gasteiger partial charge >= 0.3 is 0 Å². The van der Waals surface area contributed by atoms with Crippen molar-refractivity contribution in [2.24, 2.45) is 0 Å². The van der Waals surface area contributed by atoms with Gasteiger partial charge in [0, 0.05) is 0 Å². The number of aromatic nitrogens is 1. The van der Waals surface area contributed by atoms with E-state index in [4.69, 9.17) is 4.42 Å². The maximum absolute atomic E-state index is 5.48. The molecule has 0 spiro atoms. The van der Waals surface area contributed by atoms with E-state index in [9.17, 15) is 0 Å². The minimum atomic E-state index is 0.707. The summed E-state index contributed by atoms with van der Waals surface area (Å²) in [6.07, 6.45) is 1.06. The lowest BCUT2D eigenvalue weighted by Crippen LogP contribution is -2.16. The van der Waals surface area contributed by atoms with E-state index in [0.717, 1.165) is 30.3 Å². The predicted molar refractivity (Wildman–Crippen MR) is 65.7 cm³/mol. The quantitative estimate of drug-likeness (QED) is 0.811. The van der Waals surface area contributed by atoms with E-state index in [1.807, 2.05) is 13.8 Å². The summed E-state index contributed by atoms with van der Waals surface area (Å²) in [6.45, 7) is 5.57. The molecule has 1 N–H and O–H groups in total. The summed E-state index contributed by atoms with van der Waals surface area (Å²) in [5, 5.41) is 7.62. The zero-order valence-corrected chi connectivity index (χ0v) is 10.4. The van der Waals surface area contributed by atoms with Gasteiger partial charge in [0.05, 0.1) is 12.2 Å². The SMILES string of the molecule is Cc1nc(CNCCc2ccsc2)oc1C. The highest BCUT2D eigenvalue weighted by Crippen LogP contribution is 2.08. The lowest BCUT2D eigenvalue weighted by molar-refractivity contribution is 0.450. The Labute approximate surface area is 99.5 Å². The van der Waals surface area contributed by atoms with Crippen LogP contribution in [0, 0.1) is 13.8 Å². The van der Waals surface area contributed by atoms with Gasteiger partial charge in [-0.3, -0.25) is 0 Å². The van der Waals surface area contributed by atoms with E-state index in [1.54, 1.807) is 11.3 Å². The molecule has 0 aliphatic carbocycles. The standard InChI is InChI=1S/C12H16N2OS/c1-9-10(2)15-12(14-9)7-13-5-3-11-4-6-16-8-11/h4,6,8,13H,3,5,7H2,1-2H3. The highest BCUT2D eigenvalue weighted by Gasteiger charge is 2.04. The zero-order chi connectivity index (χ0) is 11.4. The summed E-state index contributed by atoms with van der Waals surface area (Å²) >= 11 is 1.74. The van der Waals surface area contributed by atoms with Gasteiger partial charge < -0.3 is 9.73 Å². The number of oxazole rings is 1. The monoisotopic (exact) mass is 236 g/mol. The van der Waals surface area contributed by atoms with Crippen molar-refractivity contribution < 1.29 is 4.42 Å². The largest absolute Gasteiger partial charge is 0.444 e. The predicted octanol–water partition coefficient (Wildman–Crippen LogP) is 2.69. The fourth-order valence-electron chi connectivity index (χ4n) is 1.48. The van der Waals surface area contributed by atoms with Crippen LogP contribution in [0.4, 0.5) is 0 Å². The summed E-state index contributed by atoms with van der Waals surface area (Å²) < 4.78 is 5.48. The van der Waals surface area contributed by atoms with Crippen molar-refractivity contribution in [2.75, 3.05) is 6.54 Å². The molecule has 16 heavy (non-hydrogen) atoms. The van der Waals surface area contributed by atoms with Gasteiger partial charge in [-0.25, -0.2) is 4.98 Å². The van der Waals surface area contributed by atoms with Crippen molar-refractivity contribution >= 4 is 11.3 Å². The Kier molecular flexibility index (Phi) is 3.74. The molecule has 0 radical (unpaired) electrons. The number of hydrogen-bond acceptors (Lipinski definition) is 4. The van der Waals surface area contributed by atoms with Crippen LogP contribution in [-0.2, 0) is 13.0 Å². The van der Waals surface area contributed by atoms with Gasteiger partial charge in [-0.1, -0.05) is 0 Å². The second-order valence-electron chi connectivity index (χ2n) is 3.81. The van der Waals surface area contributed by atoms with Gasteiger partial charge in [0.15, 0.2) is 0 Å². The van der Waals surface area contributed by atoms with Crippen LogP contribution in [0.25, 0.3) is 0 Å². The molecule has 0 saturated heterocycles. The third-order valence-corrected chi connectivity index (χ3v) is 3.25. The first-order valence-corrected chi connectivity index (χ1v) is 6.34. The molecule has 2 rings (SSSR count). The van der Waals surface area contributed by atoms with E-state index < -0.39 is 0 Å². The molecular formula is C12H16N2OS. The van der Waals surface area contributed by atoms with Crippen LogP contribution < -0.4 is 5.32 Å². The highest BCUT2D eigenvalue weighted by atomic mass is 32.1. The minimum Gasteiger partial charge on any atom is -0.444 e. The van der Waals surface area contributed by atoms with Crippen molar-refractivity contribution in [2.45, 2.75) is 26.8 Å². The van der Waals surface area contributed by atoms with E-state index in [-0.39, 0.29) is 0 Å². The fraction of sp³-hybridized carbons (Fsp3) is 0.417. The van der Waals surface area contributed by atoms with Crippen molar-refractivity contribution in [3.63, 3.8) is 0 Å². The Morgan fingerprint density at radius 2 is 2.31 bits per heavy atom. The Hall–Kier alpha value is -1.13. The molecule has 0 unspecified atom stereocenters. The molecule has 0 atom stereocenters. The van der Waals surface area contributed by atoms with Crippen molar-refractivity contribution in [3.05, 3.63) is 39.7 Å². The first kappa shape index (κ1) is 11.4. The van der Waals surface area contributed by atoms with Crippen LogP contribution in [0.5, 0.6) is 0 Å². The summed E-state index contributed by atoms with van der Waals surface area (Å²) in [4.78, 5) is 4.32. The molecule has 0 saturated carbocycles. The third-order valence-electron chi connectivity index (χ3n) is 2.52. The first-order chi connectivity index (χ1) is 7.75. The molecule has 86 valence electrons. The number of rotatable bonds is 5. The van der Waals surface area contributed by atoms with Crippen molar-refractivity contribution in [1.82, 2.24) is 10.3 Å². The van der Waals surface area contributed by atoms with Gasteiger partial charge in [-0.2, -0.15) is 11.3 Å². The Balaban J connectivity index is 1.72. The first-order valence-electron chi connectivity index (χ1n) is 5.40. The lowest BCUT2D eigenvalue weighted by atomic mass is 10.2. The van der Waals surface area contributed by atoms with Crippen LogP contribution in [0.2, 0.25) is 0 Å². The molecule has 2 aromatic heterocycles. The summed E-state index contributed by atoms with van der Waals surface area (Å²) in [5.74, 6) is 1.69. The average Bonchev–Trinajstić information content (AvgIpc) is 2.85. The molecule has 0 aliphatic rings. The molecule has 4 heteroatoms. The van der Waals surface area contributed by atoms with Crippen molar-refractivity contribution in [1.29, 1.82) is 0 Å². The van der Waals surface area contributed by atoms with E-state index in [2.05, 4.69) is 27.1 Å². The smallest absolute Gasteiger partial charge is 0.208 e. The van der Waals surface area contributed by atoms with Gasteiger partial charge in [0.2, 0.25) is 5.89 Å². The number of hydrogen-bond donors (Lipinski definition) is 1. The second kappa shape index (κ2) is 5.27. The molecule has 0 aromatic carbocycles. The highest BCUT2D eigenvalue weighted by molar-refractivity contribution is 7.07. The van der Waals surface area contributed by atoms with E-state index in [0.29, 0.717) is 6.54 Å². The van der Waals surface area contributed by atoms with Gasteiger partial charge in [-0.15, -0.1) is 0 Å². The summed E-state index contributed by atoms with van der Waals surface area (Å²) in [6, 6.07) is 2.16. The van der Waals surface area contributed by atoms with Crippen LogP contribution in [-0.4, -0.2) is 11.5 Å². The van der Waals surface area contributed by atoms with E-state index in [1.165, 1.54) is 5.56 Å². The molecule has 0 fully saturated rings. The molecule has 2 aromatic rings. The van der Waals surface area contributed by atoms with E-state index >= 15 is 0 Å². The average molecular weight is 236 g/mol. The Morgan fingerprint density at radius 3 is 2.94 bits per heavy atom. The third kappa shape index (κ3) is 2.93. The minimum absolute atomic E-state index is 0.707. The van der Waals surface area contributed by atoms with Gasteiger partial charge in [0.1, 0.15) is 5.76 Å². The zero-order valence-electron chi connectivity index (χ0n) is 9.62. The van der Waals surface area contributed by atoms with Crippen LogP contribution in [0.15, 0.2) is 21.2 Å². The topological polar surface area (TPSA) is 38.1 Å².